The summed E-state index contributed by atoms with van der Waals surface area (Å²) in [6.45, 7) is 0. The number of halogens is 3. The Hall–Kier alpha value is -1.79. The van der Waals surface area contributed by atoms with Gasteiger partial charge in [0, 0.05) is 11.6 Å². The second-order valence-electron chi connectivity index (χ2n) is 2.76. The molecule has 0 saturated heterocycles. The van der Waals surface area contributed by atoms with Crippen molar-refractivity contribution in [3.8, 4) is 0 Å². The molecule has 0 unspecified atom stereocenters. The van der Waals surface area contributed by atoms with E-state index in [0.717, 1.165) is 0 Å². The monoisotopic (exact) mass is 220 g/mol. The van der Waals surface area contributed by atoms with E-state index in [1.165, 1.54) is 0 Å². The Morgan fingerprint density at radius 1 is 1.60 bits per heavy atom. The van der Waals surface area contributed by atoms with Gasteiger partial charge in [0.1, 0.15) is 17.3 Å². The molecular weight excluding hydrogens is 213 g/mol. The molecule has 0 aliphatic carbocycles. The number of carboxylic acid groups (broad SMARTS) is 1. The zero-order chi connectivity index (χ0) is 11.6. The fourth-order valence-electron chi connectivity index (χ4n) is 1.02. The van der Waals surface area contributed by atoms with E-state index in [-0.39, 0.29) is 5.56 Å². The number of nitrogens with zero attached hydrogens (tertiary/aromatic N) is 1. The first-order chi connectivity index (χ1) is 6.91. The van der Waals surface area contributed by atoms with Crippen LogP contribution in [0.4, 0.5) is 19.0 Å². The minimum atomic E-state index is -2.94. The van der Waals surface area contributed by atoms with Crippen LogP contribution in [0.5, 0.6) is 0 Å². The van der Waals surface area contributed by atoms with Gasteiger partial charge in [0.25, 0.3) is 6.43 Å². The Labute approximate surface area is 82.5 Å². The Morgan fingerprint density at radius 3 is 2.60 bits per heavy atom. The highest BCUT2D eigenvalue weighted by atomic mass is 19.3. The summed E-state index contributed by atoms with van der Waals surface area (Å²) in [7, 11) is 0. The van der Waals surface area contributed by atoms with Gasteiger partial charge in [-0.25, -0.2) is 18.2 Å². The Kier molecular flexibility index (Phi) is 3.13. The lowest BCUT2D eigenvalue weighted by Gasteiger charge is -2.06. The number of aromatic nitrogens is 1. The molecule has 0 bridgehead atoms. The molecular formula is C8H7F3N2O2. The van der Waals surface area contributed by atoms with E-state index in [1.807, 2.05) is 0 Å². The van der Waals surface area contributed by atoms with E-state index in [2.05, 4.69) is 4.98 Å². The zero-order valence-corrected chi connectivity index (χ0v) is 7.38. The number of rotatable bonds is 3. The van der Waals surface area contributed by atoms with Crippen LogP contribution in [0.1, 0.15) is 17.7 Å². The summed E-state index contributed by atoms with van der Waals surface area (Å²) < 4.78 is 37.4. The first kappa shape index (κ1) is 11.3. The van der Waals surface area contributed by atoms with E-state index in [0.29, 0.717) is 6.07 Å². The molecule has 1 heterocycles. The normalized spacial score (nSPS) is 10.7. The summed E-state index contributed by atoms with van der Waals surface area (Å²) >= 11 is 0. The van der Waals surface area contributed by atoms with E-state index in [1.54, 1.807) is 0 Å². The van der Waals surface area contributed by atoms with Crippen molar-refractivity contribution in [2.24, 2.45) is 0 Å². The quantitative estimate of drug-likeness (QED) is 0.806. The summed E-state index contributed by atoms with van der Waals surface area (Å²) in [5.74, 6) is -2.92. The van der Waals surface area contributed by atoms with Crippen molar-refractivity contribution in [2.75, 3.05) is 5.73 Å². The smallest absolute Gasteiger partial charge is 0.308 e. The van der Waals surface area contributed by atoms with Crippen molar-refractivity contribution >= 4 is 11.8 Å². The number of nitrogen functional groups attached to an aromatic ring is 1. The van der Waals surface area contributed by atoms with Gasteiger partial charge in [0.2, 0.25) is 0 Å². The molecule has 1 aromatic rings. The highest BCUT2D eigenvalue weighted by Gasteiger charge is 2.17. The molecule has 0 aliphatic heterocycles. The predicted molar refractivity (Wildman–Crippen MR) is 44.9 cm³/mol. The predicted octanol–water partition coefficient (Wildman–Crippen LogP) is 1.37. The van der Waals surface area contributed by atoms with Crippen molar-refractivity contribution in [1.29, 1.82) is 0 Å². The molecule has 0 saturated carbocycles. The summed E-state index contributed by atoms with van der Waals surface area (Å²) in [5, 5.41) is 8.40. The van der Waals surface area contributed by atoms with E-state index in [9.17, 15) is 18.0 Å². The SMILES string of the molecule is Nc1nc(C(F)F)cc(F)c1CC(=O)O. The Balaban J connectivity index is 3.15. The molecule has 0 atom stereocenters. The second-order valence-corrected chi connectivity index (χ2v) is 2.76. The number of anilines is 1. The van der Waals surface area contributed by atoms with Crippen LogP contribution in [0.2, 0.25) is 0 Å². The van der Waals surface area contributed by atoms with Crippen LogP contribution in [0.25, 0.3) is 0 Å². The van der Waals surface area contributed by atoms with Crippen molar-refractivity contribution in [3.63, 3.8) is 0 Å². The average molecular weight is 220 g/mol. The zero-order valence-electron chi connectivity index (χ0n) is 7.38. The van der Waals surface area contributed by atoms with Crippen LogP contribution in [-0.2, 0) is 11.2 Å². The maximum absolute atomic E-state index is 13.1. The fraction of sp³-hybridized carbons (Fsp3) is 0.250. The van der Waals surface area contributed by atoms with Gasteiger partial charge in [-0.3, -0.25) is 4.79 Å². The Bertz CT molecular complexity index is 372. The minimum absolute atomic E-state index is 0.382. The molecule has 15 heavy (non-hydrogen) atoms. The molecule has 0 aromatic carbocycles. The van der Waals surface area contributed by atoms with Crippen LogP contribution in [-0.4, -0.2) is 16.1 Å². The minimum Gasteiger partial charge on any atom is -0.481 e. The third-order valence-corrected chi connectivity index (χ3v) is 1.67. The molecule has 0 radical (unpaired) electrons. The van der Waals surface area contributed by atoms with Gasteiger partial charge < -0.3 is 10.8 Å². The summed E-state index contributed by atoms with van der Waals surface area (Å²) in [4.78, 5) is 13.5. The van der Waals surface area contributed by atoms with Crippen LogP contribution in [0.15, 0.2) is 6.07 Å². The third kappa shape index (κ3) is 2.58. The molecule has 3 N–H and O–H groups in total. The second kappa shape index (κ2) is 4.16. The maximum atomic E-state index is 13.1. The van der Waals surface area contributed by atoms with Gasteiger partial charge in [0.05, 0.1) is 6.42 Å². The number of alkyl halides is 2. The van der Waals surface area contributed by atoms with E-state index in [4.69, 9.17) is 10.8 Å². The number of carbonyl (C=O) groups is 1. The van der Waals surface area contributed by atoms with Gasteiger partial charge in [-0.15, -0.1) is 0 Å². The summed E-state index contributed by atoms with van der Waals surface area (Å²) in [6.07, 6.45) is -3.63. The first-order valence-corrected chi connectivity index (χ1v) is 3.86. The van der Waals surface area contributed by atoms with Crippen molar-refractivity contribution in [2.45, 2.75) is 12.8 Å². The third-order valence-electron chi connectivity index (χ3n) is 1.67. The van der Waals surface area contributed by atoms with Crippen molar-refractivity contribution in [1.82, 2.24) is 4.98 Å². The fourth-order valence-corrected chi connectivity index (χ4v) is 1.02. The molecule has 0 spiro atoms. The molecule has 82 valence electrons. The topological polar surface area (TPSA) is 76.2 Å². The summed E-state index contributed by atoms with van der Waals surface area (Å²) in [6, 6.07) is 0.485. The number of hydrogen-bond donors (Lipinski definition) is 2. The van der Waals surface area contributed by atoms with Crippen LogP contribution in [0, 0.1) is 5.82 Å². The lowest BCUT2D eigenvalue weighted by Crippen LogP contribution is -2.09. The van der Waals surface area contributed by atoms with Crippen LogP contribution in [0.3, 0.4) is 0 Å². The number of aliphatic carboxylic acids is 1. The number of hydrogen-bond acceptors (Lipinski definition) is 3. The lowest BCUT2D eigenvalue weighted by molar-refractivity contribution is -0.136. The lowest BCUT2D eigenvalue weighted by atomic mass is 10.1. The molecule has 7 heteroatoms. The highest BCUT2D eigenvalue weighted by molar-refractivity contribution is 5.72. The molecule has 0 aliphatic rings. The highest BCUT2D eigenvalue weighted by Crippen LogP contribution is 2.22. The molecule has 0 fully saturated rings. The van der Waals surface area contributed by atoms with Crippen molar-refractivity contribution < 1.29 is 23.1 Å². The van der Waals surface area contributed by atoms with Gasteiger partial charge in [0.15, 0.2) is 0 Å². The van der Waals surface area contributed by atoms with Gasteiger partial charge in [-0.05, 0) is 0 Å². The molecule has 1 rings (SSSR count). The van der Waals surface area contributed by atoms with Crippen molar-refractivity contribution in [3.05, 3.63) is 23.1 Å². The molecule has 4 nitrogen and oxygen atoms in total. The van der Waals surface area contributed by atoms with Crippen LogP contribution < -0.4 is 5.73 Å². The average Bonchev–Trinajstić information content (AvgIpc) is 2.10. The van der Waals surface area contributed by atoms with E-state index >= 15 is 0 Å². The maximum Gasteiger partial charge on any atom is 0.308 e. The largest absolute Gasteiger partial charge is 0.481 e. The van der Waals surface area contributed by atoms with Gasteiger partial charge in [-0.1, -0.05) is 0 Å². The molecule has 0 amide bonds. The summed E-state index contributed by atoms with van der Waals surface area (Å²) in [5.41, 5.74) is 3.97. The number of pyridine rings is 1. The standard InChI is InChI=1S/C8H7F3N2O2/c9-4-2-5(7(10)11)13-8(12)3(4)1-6(14)15/h2,7H,1H2,(H2,12,13)(H,14,15). The van der Waals surface area contributed by atoms with Gasteiger partial charge >= 0.3 is 5.97 Å². The number of carboxylic acids is 1. The van der Waals surface area contributed by atoms with E-state index < -0.39 is 36.1 Å². The molecule has 1 aromatic heterocycles. The Morgan fingerprint density at radius 2 is 2.20 bits per heavy atom. The number of nitrogens with two attached hydrogens (primary N) is 1. The first-order valence-electron chi connectivity index (χ1n) is 3.86. The van der Waals surface area contributed by atoms with Crippen LogP contribution >= 0.6 is 0 Å². The van der Waals surface area contributed by atoms with Gasteiger partial charge in [-0.2, -0.15) is 0 Å².